The van der Waals surface area contributed by atoms with E-state index in [1.54, 1.807) is 0 Å². The molecule has 0 spiro atoms. The van der Waals surface area contributed by atoms with E-state index in [9.17, 15) is 31.1 Å². The van der Waals surface area contributed by atoms with Crippen molar-refractivity contribution in [2.75, 3.05) is 5.32 Å². The third-order valence-electron chi connectivity index (χ3n) is 3.02. The highest BCUT2D eigenvalue weighted by Crippen LogP contribution is 2.34. The Morgan fingerprint density at radius 2 is 1.52 bits per heavy atom. The van der Waals surface area contributed by atoms with E-state index in [1.807, 2.05) is 0 Å². The van der Waals surface area contributed by atoms with Crippen LogP contribution < -0.4 is 5.32 Å². The lowest BCUT2D eigenvalue weighted by Crippen LogP contribution is -2.23. The first-order valence-corrected chi connectivity index (χ1v) is 7.83. The maximum atomic E-state index is 13.6. The number of hydrogen-bond donors (Lipinski definition) is 1. The second-order valence-corrected chi connectivity index (χ2v) is 6.53. The molecule has 0 unspecified atom stereocenters. The second-order valence-electron chi connectivity index (χ2n) is 4.77. The van der Waals surface area contributed by atoms with Gasteiger partial charge in [-0.25, -0.2) is 26.3 Å². The molecule has 25 heavy (non-hydrogen) atoms. The number of rotatable bonds is 4. The van der Waals surface area contributed by atoms with Crippen molar-refractivity contribution in [3.05, 3.63) is 58.1 Å². The molecule has 0 saturated heterocycles. The lowest BCUT2D eigenvalue weighted by molar-refractivity contribution is -0.115. The predicted octanol–water partition coefficient (Wildman–Crippen LogP) is 5.29. The number of carbonyl (C=O) groups is 1. The number of thioether (sulfide) groups is 1. The zero-order chi connectivity index (χ0) is 18.9. The number of nitrogens with one attached hydrogen (secondary N) is 1. The van der Waals surface area contributed by atoms with Gasteiger partial charge in [-0.2, -0.15) is 0 Å². The fraction of sp³-hybridized carbons (Fsp3) is 0.133. The molecule has 0 heterocycles. The average molecular weight is 400 g/mol. The quantitative estimate of drug-likeness (QED) is 0.327. The minimum atomic E-state index is -2.28. The summed E-state index contributed by atoms with van der Waals surface area (Å²) < 4.78 is 79.5. The molecular formula is C15H8ClF6NOS. The van der Waals surface area contributed by atoms with Crippen LogP contribution in [0.3, 0.4) is 0 Å². The van der Waals surface area contributed by atoms with Gasteiger partial charge in [0.1, 0.15) is 5.82 Å². The van der Waals surface area contributed by atoms with Crippen LogP contribution >= 0.6 is 23.4 Å². The van der Waals surface area contributed by atoms with Crippen LogP contribution in [-0.2, 0) is 4.79 Å². The number of amides is 1. The summed E-state index contributed by atoms with van der Waals surface area (Å²) in [6.45, 7) is 1.19. The monoisotopic (exact) mass is 399 g/mol. The van der Waals surface area contributed by atoms with E-state index in [0.29, 0.717) is 0 Å². The van der Waals surface area contributed by atoms with Gasteiger partial charge in [0.2, 0.25) is 11.7 Å². The Hall–Kier alpha value is -1.87. The lowest BCUT2D eigenvalue weighted by Gasteiger charge is -2.14. The van der Waals surface area contributed by atoms with Gasteiger partial charge in [0.15, 0.2) is 23.3 Å². The molecule has 2 aromatic rings. The molecule has 134 valence electrons. The number of anilines is 1. The van der Waals surface area contributed by atoms with Crippen LogP contribution in [0.15, 0.2) is 23.1 Å². The van der Waals surface area contributed by atoms with Crippen LogP contribution in [0.25, 0.3) is 0 Å². The van der Waals surface area contributed by atoms with Crippen molar-refractivity contribution >= 4 is 35.0 Å². The summed E-state index contributed by atoms with van der Waals surface area (Å²) >= 11 is 5.87. The first kappa shape index (κ1) is 19.5. The van der Waals surface area contributed by atoms with Gasteiger partial charge >= 0.3 is 0 Å². The molecule has 2 rings (SSSR count). The summed E-state index contributed by atoms with van der Waals surface area (Å²) in [5, 5.41) is 0.907. The van der Waals surface area contributed by atoms with Crippen molar-refractivity contribution in [2.24, 2.45) is 0 Å². The molecular weight excluding hydrogens is 392 g/mol. The summed E-state index contributed by atoms with van der Waals surface area (Å²) in [4.78, 5) is 10.8. The summed E-state index contributed by atoms with van der Waals surface area (Å²) in [7, 11) is 0. The molecule has 0 aromatic heterocycles. The van der Waals surface area contributed by atoms with Gasteiger partial charge in [-0.1, -0.05) is 11.6 Å². The van der Waals surface area contributed by atoms with E-state index in [4.69, 9.17) is 11.6 Å². The lowest BCUT2D eigenvalue weighted by atomic mass is 10.3. The summed E-state index contributed by atoms with van der Waals surface area (Å²) in [6.07, 6.45) is 0. The first-order chi connectivity index (χ1) is 11.6. The Kier molecular flexibility index (Phi) is 5.89. The van der Waals surface area contributed by atoms with Crippen LogP contribution in [0, 0.1) is 34.9 Å². The van der Waals surface area contributed by atoms with Crippen molar-refractivity contribution in [3.63, 3.8) is 0 Å². The summed E-state index contributed by atoms with van der Waals surface area (Å²) in [5.74, 6) is -12.0. The molecule has 0 aliphatic heterocycles. The van der Waals surface area contributed by atoms with Gasteiger partial charge in [0.05, 0.1) is 20.9 Å². The van der Waals surface area contributed by atoms with Gasteiger partial charge in [0.25, 0.3) is 0 Å². The molecule has 0 bridgehead atoms. The zero-order valence-electron chi connectivity index (χ0n) is 12.3. The Morgan fingerprint density at radius 3 is 2.04 bits per heavy atom. The van der Waals surface area contributed by atoms with Crippen LogP contribution in [0.4, 0.5) is 32.0 Å². The van der Waals surface area contributed by atoms with Crippen molar-refractivity contribution in [2.45, 2.75) is 17.1 Å². The van der Waals surface area contributed by atoms with Crippen molar-refractivity contribution in [3.8, 4) is 0 Å². The van der Waals surface area contributed by atoms with Crippen LogP contribution in [-0.4, -0.2) is 11.2 Å². The van der Waals surface area contributed by atoms with Crippen molar-refractivity contribution in [1.29, 1.82) is 0 Å². The maximum Gasteiger partial charge on any atom is 0.237 e. The van der Waals surface area contributed by atoms with E-state index in [-0.39, 0.29) is 22.5 Å². The minimum absolute atomic E-state index is 0.0259. The third kappa shape index (κ3) is 4.04. The number of halogens is 7. The molecule has 10 heteroatoms. The molecule has 0 aliphatic carbocycles. The topological polar surface area (TPSA) is 29.1 Å². The molecule has 2 nitrogen and oxygen atoms in total. The highest BCUT2D eigenvalue weighted by Gasteiger charge is 2.28. The minimum Gasteiger partial charge on any atom is -0.324 e. The Balaban J connectivity index is 2.22. The Bertz CT molecular complexity index is 818. The molecule has 0 radical (unpaired) electrons. The number of hydrogen-bond acceptors (Lipinski definition) is 2. The molecule has 0 fully saturated rings. The summed E-state index contributed by atoms with van der Waals surface area (Å²) in [5.41, 5.74) is 0.0259. The molecule has 2 aromatic carbocycles. The van der Waals surface area contributed by atoms with Gasteiger partial charge in [-0.3, -0.25) is 4.79 Å². The van der Waals surface area contributed by atoms with Gasteiger partial charge < -0.3 is 5.32 Å². The zero-order valence-corrected chi connectivity index (χ0v) is 13.8. The van der Waals surface area contributed by atoms with Crippen molar-refractivity contribution in [1.82, 2.24) is 0 Å². The average Bonchev–Trinajstić information content (AvgIpc) is 2.57. The molecule has 1 atom stereocenters. The maximum absolute atomic E-state index is 13.6. The van der Waals surface area contributed by atoms with E-state index in [2.05, 4.69) is 5.32 Å². The second kappa shape index (κ2) is 7.57. The van der Waals surface area contributed by atoms with Gasteiger partial charge in [0, 0.05) is 0 Å². The number of carbonyl (C=O) groups excluding carboxylic acids is 1. The third-order valence-corrected chi connectivity index (χ3v) is 4.50. The van der Waals surface area contributed by atoms with Crippen LogP contribution in [0.1, 0.15) is 6.92 Å². The van der Waals surface area contributed by atoms with Gasteiger partial charge in [-0.15, -0.1) is 11.8 Å². The Labute approximate surface area is 147 Å². The highest BCUT2D eigenvalue weighted by atomic mass is 35.5. The molecule has 0 aliphatic rings. The highest BCUT2D eigenvalue weighted by molar-refractivity contribution is 8.00. The fourth-order valence-corrected chi connectivity index (χ4v) is 2.86. The van der Waals surface area contributed by atoms with Crippen LogP contribution in [0.5, 0.6) is 0 Å². The summed E-state index contributed by atoms with van der Waals surface area (Å²) in [6, 6.07) is 3.10. The Morgan fingerprint density at radius 1 is 1.00 bits per heavy atom. The van der Waals surface area contributed by atoms with Gasteiger partial charge in [-0.05, 0) is 25.1 Å². The predicted molar refractivity (Wildman–Crippen MR) is 81.6 cm³/mol. The fourth-order valence-electron chi connectivity index (χ4n) is 1.74. The van der Waals surface area contributed by atoms with E-state index in [0.717, 1.165) is 18.2 Å². The standard InChI is InChI=1S/C15H8ClF6NOS/c1-5(15(24)23-8-3-2-6(17)4-7(8)16)25-14-12(21)10(19)9(18)11(20)13(14)22/h2-5H,1H3,(H,23,24)/t5-/m0/s1. The molecule has 0 saturated carbocycles. The molecule has 1 amide bonds. The normalized spacial score (nSPS) is 12.2. The smallest absolute Gasteiger partial charge is 0.237 e. The largest absolute Gasteiger partial charge is 0.324 e. The van der Waals surface area contributed by atoms with E-state index >= 15 is 0 Å². The van der Waals surface area contributed by atoms with E-state index in [1.165, 1.54) is 6.92 Å². The number of benzene rings is 2. The first-order valence-electron chi connectivity index (χ1n) is 6.57. The van der Waals surface area contributed by atoms with Crippen molar-refractivity contribution < 1.29 is 31.1 Å². The molecule has 1 N–H and O–H groups in total. The SMILES string of the molecule is C[C@H](Sc1c(F)c(F)c(F)c(F)c1F)C(=O)Nc1ccc(F)cc1Cl. The van der Waals surface area contributed by atoms with E-state index < -0.39 is 51.0 Å². The van der Waals surface area contributed by atoms with Crippen LogP contribution in [0.2, 0.25) is 5.02 Å².